The van der Waals surface area contributed by atoms with Gasteiger partial charge in [-0.15, -0.1) is 0 Å². The molecule has 0 radical (unpaired) electrons. The zero-order chi connectivity index (χ0) is 71.4. The van der Waals surface area contributed by atoms with Crippen LogP contribution in [0.5, 0.6) is 0 Å². The van der Waals surface area contributed by atoms with Crippen LogP contribution in [0.1, 0.15) is 408 Å². The van der Waals surface area contributed by atoms with Crippen molar-refractivity contribution in [1.82, 2.24) is 0 Å². The highest BCUT2D eigenvalue weighted by Crippen LogP contribution is 2.45. The summed E-state index contributed by atoms with van der Waals surface area (Å²) in [4.78, 5) is 72.7. The van der Waals surface area contributed by atoms with Crippen LogP contribution in [0.25, 0.3) is 0 Å². The molecule has 0 aliphatic carbocycles. The molecule has 17 nitrogen and oxygen atoms in total. The molecule has 0 rings (SSSR count). The zero-order valence-corrected chi connectivity index (χ0v) is 65.2. The van der Waals surface area contributed by atoms with Crippen molar-refractivity contribution in [2.75, 3.05) is 39.6 Å². The molecule has 576 valence electrons. The van der Waals surface area contributed by atoms with E-state index in [4.69, 9.17) is 37.0 Å². The van der Waals surface area contributed by atoms with E-state index in [9.17, 15) is 43.2 Å². The Balaban J connectivity index is 5.16. The van der Waals surface area contributed by atoms with E-state index in [1.54, 1.807) is 0 Å². The number of ether oxygens (including phenoxy) is 4. The van der Waals surface area contributed by atoms with Crippen LogP contribution in [0, 0.1) is 11.8 Å². The molecule has 2 unspecified atom stereocenters. The van der Waals surface area contributed by atoms with Gasteiger partial charge in [-0.2, -0.15) is 0 Å². The van der Waals surface area contributed by atoms with Crippen LogP contribution in [-0.2, 0) is 65.4 Å². The topological polar surface area (TPSA) is 237 Å². The number of phosphoric acid groups is 2. The third kappa shape index (κ3) is 72.2. The maximum absolute atomic E-state index is 13.1. The van der Waals surface area contributed by atoms with Crippen LogP contribution in [0.3, 0.4) is 0 Å². The molecule has 0 aromatic carbocycles. The van der Waals surface area contributed by atoms with E-state index in [0.29, 0.717) is 31.6 Å². The third-order valence-electron chi connectivity index (χ3n) is 18.2. The molecular formula is C78H152O17P2. The maximum atomic E-state index is 13.1. The molecule has 3 N–H and O–H groups in total. The molecule has 0 amide bonds. The van der Waals surface area contributed by atoms with Gasteiger partial charge in [0.25, 0.3) is 0 Å². The van der Waals surface area contributed by atoms with Crippen molar-refractivity contribution in [3.8, 4) is 0 Å². The number of rotatable bonds is 77. The molecule has 0 heterocycles. The Morgan fingerprint density at radius 1 is 0.278 bits per heavy atom. The number of unbranched alkanes of at least 4 members (excludes halogenated alkanes) is 47. The Kier molecular flexibility index (Phi) is 68.4. The van der Waals surface area contributed by atoms with Crippen molar-refractivity contribution in [3.63, 3.8) is 0 Å². The molecule has 0 saturated carbocycles. The number of carbonyl (C=O) groups excluding carboxylic acids is 4. The van der Waals surface area contributed by atoms with E-state index >= 15 is 0 Å². The summed E-state index contributed by atoms with van der Waals surface area (Å²) in [5.41, 5.74) is 0. The maximum Gasteiger partial charge on any atom is 0.472 e. The molecular weight excluding hydrogens is 1270 g/mol. The number of phosphoric ester groups is 2. The highest BCUT2D eigenvalue weighted by molar-refractivity contribution is 7.47. The molecule has 19 heteroatoms. The molecule has 0 bridgehead atoms. The largest absolute Gasteiger partial charge is 0.472 e. The predicted octanol–water partition coefficient (Wildman–Crippen LogP) is 23.1. The van der Waals surface area contributed by atoms with Crippen LogP contribution >= 0.6 is 15.6 Å². The van der Waals surface area contributed by atoms with Crippen LogP contribution in [0.2, 0.25) is 0 Å². The first-order valence-corrected chi connectivity index (χ1v) is 43.5. The lowest BCUT2D eigenvalue weighted by Crippen LogP contribution is -2.30. The Morgan fingerprint density at radius 3 is 0.701 bits per heavy atom. The predicted molar refractivity (Wildman–Crippen MR) is 395 cm³/mol. The number of aliphatic hydroxyl groups is 1. The minimum Gasteiger partial charge on any atom is -0.462 e. The van der Waals surface area contributed by atoms with E-state index < -0.39 is 97.5 Å². The second kappa shape index (κ2) is 69.8. The summed E-state index contributed by atoms with van der Waals surface area (Å²) >= 11 is 0. The van der Waals surface area contributed by atoms with E-state index in [1.807, 2.05) is 0 Å². The average molecular weight is 1420 g/mol. The van der Waals surface area contributed by atoms with Gasteiger partial charge in [-0.05, 0) is 37.5 Å². The second-order valence-corrected chi connectivity index (χ2v) is 32.0. The monoisotopic (exact) mass is 1420 g/mol. The number of aliphatic hydroxyl groups excluding tert-OH is 1. The Labute approximate surface area is 594 Å². The SMILES string of the molecule is CCCCCCCCCCCCCCCCCCCCCCCCC(=O)O[C@H](COC(=O)CCCCCCCCCCCCCCCCC(C)C)COP(=O)(O)OC[C@@H](O)COP(=O)(O)OC[C@@H](COC(=O)CCCCCCCCCCC)OC(=O)CCCCCCCCC(C)C. The van der Waals surface area contributed by atoms with Crippen LogP contribution in [-0.4, -0.2) is 96.7 Å². The summed E-state index contributed by atoms with van der Waals surface area (Å²) in [6.45, 7) is 9.51. The molecule has 0 aliphatic heterocycles. The van der Waals surface area contributed by atoms with Crippen molar-refractivity contribution >= 4 is 39.5 Å². The minimum atomic E-state index is -4.96. The highest BCUT2D eigenvalue weighted by atomic mass is 31.2. The van der Waals surface area contributed by atoms with Gasteiger partial charge in [0, 0.05) is 25.7 Å². The molecule has 0 aliphatic rings. The van der Waals surface area contributed by atoms with Gasteiger partial charge in [0.15, 0.2) is 12.2 Å². The summed E-state index contributed by atoms with van der Waals surface area (Å²) in [6.07, 6.45) is 58.7. The molecule has 0 spiro atoms. The number of hydrogen-bond acceptors (Lipinski definition) is 15. The van der Waals surface area contributed by atoms with E-state index in [2.05, 4.69) is 41.5 Å². The molecule has 97 heavy (non-hydrogen) atoms. The first-order valence-electron chi connectivity index (χ1n) is 40.5. The number of carbonyl (C=O) groups is 4. The van der Waals surface area contributed by atoms with Gasteiger partial charge >= 0.3 is 39.5 Å². The minimum absolute atomic E-state index is 0.102. The second-order valence-electron chi connectivity index (χ2n) is 29.1. The zero-order valence-electron chi connectivity index (χ0n) is 63.4. The van der Waals surface area contributed by atoms with Crippen LogP contribution in [0.4, 0.5) is 0 Å². The summed E-state index contributed by atoms with van der Waals surface area (Å²) in [5.74, 6) is -0.652. The van der Waals surface area contributed by atoms with Gasteiger partial charge in [0.05, 0.1) is 26.4 Å². The Hall–Kier alpha value is -1.94. The van der Waals surface area contributed by atoms with E-state index in [1.165, 1.54) is 225 Å². The summed E-state index contributed by atoms with van der Waals surface area (Å²) in [5, 5.41) is 10.6. The van der Waals surface area contributed by atoms with Crippen LogP contribution < -0.4 is 0 Å². The van der Waals surface area contributed by atoms with Gasteiger partial charge in [0.1, 0.15) is 19.3 Å². The Morgan fingerprint density at radius 2 is 0.474 bits per heavy atom. The van der Waals surface area contributed by atoms with E-state index in [0.717, 1.165) is 95.8 Å². The van der Waals surface area contributed by atoms with E-state index in [-0.39, 0.29) is 25.7 Å². The molecule has 0 fully saturated rings. The lowest BCUT2D eigenvalue weighted by molar-refractivity contribution is -0.161. The molecule has 0 aromatic rings. The standard InChI is InChI=1S/C78H152O17P2/c1-7-9-11-13-15-17-18-19-20-21-22-23-24-25-26-27-32-35-39-43-50-56-62-77(82)94-73(66-89-76(81)61-55-49-42-38-34-31-29-28-30-33-37-40-46-52-58-70(3)4)68-92-96(84,85)90-64-72(79)65-91-97(86,87)93-69-74(95-78(83)63-57-51-45-44-47-53-59-71(5)6)67-88-75(80)60-54-48-41-36-16-14-12-10-8-2/h70-74,79H,7-69H2,1-6H3,(H,84,85)(H,86,87)/t72-,73-,74-/m1/s1. The van der Waals surface area contributed by atoms with Gasteiger partial charge in [0.2, 0.25) is 0 Å². The van der Waals surface area contributed by atoms with Crippen molar-refractivity contribution in [2.24, 2.45) is 11.8 Å². The van der Waals surface area contributed by atoms with Gasteiger partial charge in [-0.3, -0.25) is 37.3 Å². The average Bonchev–Trinajstić information content (AvgIpc) is 1.32. The van der Waals surface area contributed by atoms with Crippen molar-refractivity contribution in [1.29, 1.82) is 0 Å². The smallest absolute Gasteiger partial charge is 0.462 e. The van der Waals surface area contributed by atoms with Crippen molar-refractivity contribution in [2.45, 2.75) is 426 Å². The van der Waals surface area contributed by atoms with Gasteiger partial charge in [-0.25, -0.2) is 9.13 Å². The fourth-order valence-electron chi connectivity index (χ4n) is 12.0. The summed E-state index contributed by atoms with van der Waals surface area (Å²) in [7, 11) is -9.91. The Bertz CT molecular complexity index is 1870. The van der Waals surface area contributed by atoms with Crippen LogP contribution in [0.15, 0.2) is 0 Å². The number of hydrogen-bond donors (Lipinski definition) is 3. The first kappa shape index (κ1) is 95.1. The van der Waals surface area contributed by atoms with Gasteiger partial charge < -0.3 is 33.8 Å². The fourth-order valence-corrected chi connectivity index (χ4v) is 13.6. The lowest BCUT2D eigenvalue weighted by atomic mass is 10.0. The summed E-state index contributed by atoms with van der Waals surface area (Å²) < 4.78 is 68.5. The quantitative estimate of drug-likeness (QED) is 0.0222. The third-order valence-corrected chi connectivity index (χ3v) is 20.1. The fraction of sp³-hybridized carbons (Fsp3) is 0.949. The summed E-state index contributed by atoms with van der Waals surface area (Å²) in [6, 6.07) is 0. The lowest BCUT2D eigenvalue weighted by Gasteiger charge is -2.21. The van der Waals surface area contributed by atoms with Crippen molar-refractivity contribution in [3.05, 3.63) is 0 Å². The number of esters is 4. The molecule has 0 saturated heterocycles. The highest BCUT2D eigenvalue weighted by Gasteiger charge is 2.30. The normalized spacial score (nSPS) is 14.0. The molecule has 0 aromatic heterocycles. The van der Waals surface area contributed by atoms with Gasteiger partial charge in [-0.1, -0.05) is 356 Å². The van der Waals surface area contributed by atoms with Crippen molar-refractivity contribution < 1.29 is 80.2 Å². The first-order chi connectivity index (χ1) is 46.9. The molecule has 5 atom stereocenters.